The summed E-state index contributed by atoms with van der Waals surface area (Å²) in [6.07, 6.45) is 0. The lowest BCUT2D eigenvalue weighted by atomic mass is 10.4. The predicted molar refractivity (Wildman–Crippen MR) is 46.5 cm³/mol. The monoisotopic (exact) mass is 206 g/mol. The fourth-order valence-corrected chi connectivity index (χ4v) is 0.671. The molecule has 1 heterocycles. The molecule has 0 saturated heterocycles. The molecule has 0 spiro atoms. The molecular formula is C6H7ClN2O4. The summed E-state index contributed by atoms with van der Waals surface area (Å²) in [4.78, 5) is 34.0. The van der Waals surface area contributed by atoms with Gasteiger partial charge in [0.1, 0.15) is 5.69 Å². The molecule has 0 bridgehead atoms. The Bertz CT molecular complexity index is 402. The van der Waals surface area contributed by atoms with Crippen LogP contribution in [0.5, 0.6) is 0 Å². The normalized spacial score (nSPS) is 9.00. The molecule has 2 N–H and O–H groups in total. The van der Waals surface area contributed by atoms with Gasteiger partial charge >= 0.3 is 11.7 Å². The van der Waals surface area contributed by atoms with Gasteiger partial charge in [-0.3, -0.25) is 9.36 Å². The summed E-state index contributed by atoms with van der Waals surface area (Å²) in [6, 6.07) is 0.851. The first-order chi connectivity index (χ1) is 5.52. The molecule has 6 nitrogen and oxygen atoms in total. The number of aromatic carboxylic acids is 1. The van der Waals surface area contributed by atoms with Crippen LogP contribution in [0.4, 0.5) is 0 Å². The Kier molecular flexibility index (Phi) is 3.43. The summed E-state index contributed by atoms with van der Waals surface area (Å²) < 4.78 is 0.784. The van der Waals surface area contributed by atoms with Crippen molar-refractivity contribution in [3.8, 4) is 0 Å². The molecular weight excluding hydrogens is 200 g/mol. The fourth-order valence-electron chi connectivity index (χ4n) is 0.671. The second kappa shape index (κ2) is 3.90. The molecule has 0 aliphatic rings. The van der Waals surface area contributed by atoms with Crippen LogP contribution >= 0.6 is 12.4 Å². The van der Waals surface area contributed by atoms with Gasteiger partial charge in [0.15, 0.2) is 0 Å². The van der Waals surface area contributed by atoms with Crippen LogP contribution in [-0.2, 0) is 7.05 Å². The van der Waals surface area contributed by atoms with Crippen molar-refractivity contribution < 1.29 is 9.90 Å². The van der Waals surface area contributed by atoms with Gasteiger partial charge in [0, 0.05) is 13.1 Å². The van der Waals surface area contributed by atoms with Crippen LogP contribution in [0.25, 0.3) is 0 Å². The average Bonchev–Trinajstić information content (AvgIpc) is 1.99. The number of nitrogens with one attached hydrogen (secondary N) is 1. The minimum absolute atomic E-state index is 0. The highest BCUT2D eigenvalue weighted by Crippen LogP contribution is 1.83. The summed E-state index contributed by atoms with van der Waals surface area (Å²) in [5.74, 6) is -1.33. The van der Waals surface area contributed by atoms with E-state index in [0.29, 0.717) is 0 Å². The lowest BCUT2D eigenvalue weighted by molar-refractivity contribution is 0.0689. The number of carboxylic acids is 1. The topological polar surface area (TPSA) is 92.2 Å². The van der Waals surface area contributed by atoms with E-state index in [0.717, 1.165) is 10.6 Å². The Morgan fingerprint density at radius 2 is 2.08 bits per heavy atom. The summed E-state index contributed by atoms with van der Waals surface area (Å²) in [5, 5.41) is 8.41. The minimum Gasteiger partial charge on any atom is -0.477 e. The van der Waals surface area contributed by atoms with Crippen LogP contribution in [0.2, 0.25) is 0 Å². The molecule has 72 valence electrons. The number of H-pyrrole nitrogens is 1. The van der Waals surface area contributed by atoms with Crippen LogP contribution in [-0.4, -0.2) is 20.6 Å². The Morgan fingerprint density at radius 1 is 1.54 bits per heavy atom. The van der Waals surface area contributed by atoms with Gasteiger partial charge in [-0.1, -0.05) is 0 Å². The van der Waals surface area contributed by atoms with Gasteiger partial charge in [0.05, 0.1) is 0 Å². The molecule has 1 aromatic rings. The maximum atomic E-state index is 10.8. The van der Waals surface area contributed by atoms with Gasteiger partial charge in [0.2, 0.25) is 0 Å². The third-order valence-corrected chi connectivity index (χ3v) is 1.38. The van der Waals surface area contributed by atoms with E-state index >= 15 is 0 Å². The number of nitrogens with zero attached hydrogens (tertiary/aromatic N) is 1. The quantitative estimate of drug-likeness (QED) is 0.629. The standard InChI is InChI=1S/C6H6N2O4.ClH/c1-8-4(9)2-3(5(10)11)7-6(8)12;/h2H,1H3,(H,7,12)(H,10,11);1H. The van der Waals surface area contributed by atoms with E-state index in [2.05, 4.69) is 0 Å². The largest absolute Gasteiger partial charge is 0.477 e. The van der Waals surface area contributed by atoms with Crippen molar-refractivity contribution in [3.05, 3.63) is 32.6 Å². The van der Waals surface area contributed by atoms with Crippen molar-refractivity contribution in [2.24, 2.45) is 7.05 Å². The molecule has 0 unspecified atom stereocenters. The van der Waals surface area contributed by atoms with Crippen LogP contribution < -0.4 is 11.2 Å². The smallest absolute Gasteiger partial charge is 0.352 e. The SMILES string of the molecule is Cl.Cn1c(=O)cc(C(=O)O)[nH]c1=O. The first kappa shape index (κ1) is 11.4. The van der Waals surface area contributed by atoms with Crippen LogP contribution in [0.15, 0.2) is 15.7 Å². The number of carbonyl (C=O) groups is 1. The Labute approximate surface area is 78.2 Å². The van der Waals surface area contributed by atoms with E-state index < -0.39 is 22.9 Å². The first-order valence-corrected chi connectivity index (χ1v) is 3.06. The highest BCUT2D eigenvalue weighted by molar-refractivity contribution is 5.85. The molecule has 0 fully saturated rings. The van der Waals surface area contributed by atoms with E-state index in [4.69, 9.17) is 5.11 Å². The third kappa shape index (κ3) is 2.19. The zero-order valence-corrected chi connectivity index (χ0v) is 7.42. The maximum absolute atomic E-state index is 10.8. The fraction of sp³-hybridized carbons (Fsp3) is 0.167. The summed E-state index contributed by atoms with van der Waals surface area (Å²) >= 11 is 0. The summed E-state index contributed by atoms with van der Waals surface area (Å²) in [7, 11) is 1.26. The summed E-state index contributed by atoms with van der Waals surface area (Å²) in [5.41, 5.74) is -1.78. The minimum atomic E-state index is -1.33. The molecule has 0 atom stereocenters. The van der Waals surface area contributed by atoms with Gasteiger partial charge in [-0.2, -0.15) is 0 Å². The highest BCUT2D eigenvalue weighted by Gasteiger charge is 2.06. The van der Waals surface area contributed by atoms with Gasteiger partial charge in [-0.05, 0) is 0 Å². The lowest BCUT2D eigenvalue weighted by Gasteiger charge is -1.95. The molecule has 0 saturated carbocycles. The number of hydrogen-bond acceptors (Lipinski definition) is 3. The van der Waals surface area contributed by atoms with Crippen LogP contribution in [0.1, 0.15) is 10.5 Å². The van der Waals surface area contributed by atoms with Crippen molar-refractivity contribution in [3.63, 3.8) is 0 Å². The number of rotatable bonds is 1. The van der Waals surface area contributed by atoms with Gasteiger partial charge in [-0.25, -0.2) is 9.59 Å². The van der Waals surface area contributed by atoms with E-state index in [1.807, 2.05) is 4.98 Å². The number of aromatic nitrogens is 2. The number of hydrogen-bond donors (Lipinski definition) is 2. The number of carboxylic acid groups (broad SMARTS) is 1. The maximum Gasteiger partial charge on any atom is 0.352 e. The molecule has 1 aromatic heterocycles. The Morgan fingerprint density at radius 3 is 2.46 bits per heavy atom. The molecule has 0 aromatic carbocycles. The molecule has 0 aliphatic carbocycles. The molecule has 1 rings (SSSR count). The van der Waals surface area contributed by atoms with Crippen molar-refractivity contribution in [2.45, 2.75) is 0 Å². The van der Waals surface area contributed by atoms with Gasteiger partial charge < -0.3 is 10.1 Å². The van der Waals surface area contributed by atoms with Crippen molar-refractivity contribution in [2.75, 3.05) is 0 Å². The number of aromatic amines is 1. The van der Waals surface area contributed by atoms with E-state index in [-0.39, 0.29) is 12.4 Å². The molecule has 7 heteroatoms. The van der Waals surface area contributed by atoms with Crippen molar-refractivity contribution in [1.29, 1.82) is 0 Å². The Hall–Kier alpha value is -1.56. The lowest BCUT2D eigenvalue weighted by Crippen LogP contribution is -2.33. The van der Waals surface area contributed by atoms with E-state index in [1.54, 1.807) is 0 Å². The van der Waals surface area contributed by atoms with E-state index in [9.17, 15) is 14.4 Å². The Balaban J connectivity index is 0.00000144. The van der Waals surface area contributed by atoms with Gasteiger partial charge in [0.25, 0.3) is 5.56 Å². The second-order valence-electron chi connectivity index (χ2n) is 2.19. The van der Waals surface area contributed by atoms with Crippen LogP contribution in [0.3, 0.4) is 0 Å². The average molecular weight is 207 g/mol. The molecule has 0 radical (unpaired) electrons. The van der Waals surface area contributed by atoms with Gasteiger partial charge in [-0.15, -0.1) is 12.4 Å². The van der Waals surface area contributed by atoms with E-state index in [1.165, 1.54) is 7.05 Å². The highest BCUT2D eigenvalue weighted by atomic mass is 35.5. The number of halogens is 1. The third-order valence-electron chi connectivity index (χ3n) is 1.38. The molecule has 0 amide bonds. The van der Waals surface area contributed by atoms with Crippen molar-refractivity contribution in [1.82, 2.24) is 9.55 Å². The summed E-state index contributed by atoms with van der Waals surface area (Å²) in [6.45, 7) is 0. The first-order valence-electron chi connectivity index (χ1n) is 3.06. The predicted octanol–water partition coefficient (Wildman–Crippen LogP) is -0.806. The molecule has 13 heavy (non-hydrogen) atoms. The van der Waals surface area contributed by atoms with Crippen molar-refractivity contribution >= 4 is 18.4 Å². The zero-order valence-electron chi connectivity index (χ0n) is 6.60. The van der Waals surface area contributed by atoms with Crippen LogP contribution in [0, 0.1) is 0 Å². The second-order valence-corrected chi connectivity index (χ2v) is 2.19. The zero-order chi connectivity index (χ0) is 9.30. The molecule has 0 aliphatic heterocycles.